The predicted octanol–water partition coefficient (Wildman–Crippen LogP) is 4.15. The molecule has 0 aromatic heterocycles. The van der Waals surface area contributed by atoms with E-state index in [0.29, 0.717) is 18.6 Å². The van der Waals surface area contributed by atoms with Crippen LogP contribution in [0.5, 0.6) is 11.5 Å². The quantitative estimate of drug-likeness (QED) is 0.658. The van der Waals surface area contributed by atoms with E-state index in [2.05, 4.69) is 4.90 Å². The second-order valence-corrected chi connectivity index (χ2v) is 11.5. The van der Waals surface area contributed by atoms with Crippen molar-refractivity contribution < 1.29 is 19.7 Å². The number of ether oxygens (including phenoxy) is 1. The van der Waals surface area contributed by atoms with Gasteiger partial charge in [0.05, 0.1) is 11.0 Å². The number of carbonyl (C=O) groups is 1. The summed E-state index contributed by atoms with van der Waals surface area (Å²) in [5.41, 5.74) is 2.58. The predicted molar refractivity (Wildman–Crippen MR) is 128 cm³/mol. The number of hydrogen-bond donors (Lipinski definition) is 2. The van der Waals surface area contributed by atoms with Crippen LogP contribution in [0, 0.1) is 18.8 Å². The van der Waals surface area contributed by atoms with E-state index < -0.39 is 11.0 Å². The number of hydrogen-bond acceptors (Lipinski definition) is 5. The van der Waals surface area contributed by atoms with Crippen molar-refractivity contribution in [3.63, 3.8) is 0 Å². The van der Waals surface area contributed by atoms with E-state index in [4.69, 9.17) is 4.74 Å². The van der Waals surface area contributed by atoms with Crippen LogP contribution >= 0.6 is 0 Å². The lowest BCUT2D eigenvalue weighted by Crippen LogP contribution is -2.76. The van der Waals surface area contributed by atoms with Crippen molar-refractivity contribution >= 4 is 5.78 Å². The zero-order valence-corrected chi connectivity index (χ0v) is 19.8. The largest absolute Gasteiger partial charge is 0.504 e. The van der Waals surface area contributed by atoms with Gasteiger partial charge in [-0.2, -0.15) is 0 Å². The second-order valence-electron chi connectivity index (χ2n) is 11.5. The minimum Gasteiger partial charge on any atom is -0.504 e. The smallest absolute Gasteiger partial charge is 0.165 e. The fourth-order valence-corrected chi connectivity index (χ4v) is 8.03. The lowest BCUT2D eigenvalue weighted by atomic mass is 9.47. The number of Topliss-reactive ketones (excluding diaryl/α,β-unsaturated/α-hetero) is 1. The number of likely N-dealkylation sites (tertiary alicyclic amines) is 1. The molecule has 34 heavy (non-hydrogen) atoms. The Kier molecular flexibility index (Phi) is 4.36. The van der Waals surface area contributed by atoms with E-state index in [0.717, 1.165) is 55.0 Å². The summed E-state index contributed by atoms with van der Waals surface area (Å²) in [6.45, 7) is 4.00. The number of ketones is 1. The molecule has 0 amide bonds. The average molecular weight is 460 g/mol. The zero-order chi connectivity index (χ0) is 23.2. The molecule has 5 heteroatoms. The number of rotatable bonds is 5. The molecule has 3 fully saturated rings. The van der Waals surface area contributed by atoms with Crippen molar-refractivity contribution in [3.05, 3.63) is 58.7 Å². The fraction of sp³-hybridized carbons (Fsp3) is 0.552. The summed E-state index contributed by atoms with van der Waals surface area (Å²) >= 11 is 0. The molecule has 2 N–H and O–H groups in total. The number of phenolic OH excluding ortho intramolecular Hbond substituents is 1. The Labute approximate surface area is 200 Å². The third-order valence-electron chi connectivity index (χ3n) is 9.78. The number of benzene rings is 2. The third kappa shape index (κ3) is 2.66. The summed E-state index contributed by atoms with van der Waals surface area (Å²) < 4.78 is 6.60. The van der Waals surface area contributed by atoms with E-state index in [1.165, 1.54) is 18.4 Å². The Morgan fingerprint density at radius 1 is 1.15 bits per heavy atom. The first-order valence-corrected chi connectivity index (χ1v) is 13.0. The number of carbonyl (C=O) groups excluding carboxylic acids is 1. The maximum Gasteiger partial charge on any atom is 0.165 e. The molecule has 7 rings (SSSR count). The molecule has 2 heterocycles. The van der Waals surface area contributed by atoms with Crippen molar-refractivity contribution in [2.24, 2.45) is 11.8 Å². The molecule has 2 saturated carbocycles. The monoisotopic (exact) mass is 459 g/mol. The molecule has 178 valence electrons. The molecule has 1 saturated heterocycles. The number of phenols is 1. The first-order valence-electron chi connectivity index (χ1n) is 13.0. The molecular formula is C29H33NO4. The summed E-state index contributed by atoms with van der Waals surface area (Å²) in [5, 5.41) is 23.3. The van der Waals surface area contributed by atoms with Crippen LogP contribution in [-0.4, -0.2) is 51.7 Å². The van der Waals surface area contributed by atoms with Crippen LogP contribution in [0.1, 0.15) is 65.6 Å². The molecule has 2 aliphatic heterocycles. The molecule has 0 unspecified atom stereocenters. The molecule has 2 bridgehead atoms. The van der Waals surface area contributed by atoms with Crippen molar-refractivity contribution in [1.29, 1.82) is 0 Å². The minimum atomic E-state index is -0.890. The van der Waals surface area contributed by atoms with E-state index in [-0.39, 0.29) is 29.6 Å². The Balaban J connectivity index is 1.30. The van der Waals surface area contributed by atoms with Gasteiger partial charge in [-0.05, 0) is 75.1 Å². The number of aryl methyl sites for hydroxylation is 1. The first kappa shape index (κ1) is 21.0. The van der Waals surface area contributed by atoms with Gasteiger partial charge in [0, 0.05) is 36.1 Å². The highest BCUT2D eigenvalue weighted by molar-refractivity contribution is 5.97. The summed E-state index contributed by atoms with van der Waals surface area (Å²) in [5.74, 6) is 1.65. The number of piperidine rings is 1. The van der Waals surface area contributed by atoms with Gasteiger partial charge >= 0.3 is 0 Å². The molecule has 5 atom stereocenters. The minimum absolute atomic E-state index is 0.0146. The van der Waals surface area contributed by atoms with Crippen LogP contribution in [0.2, 0.25) is 0 Å². The Hall–Kier alpha value is -2.37. The standard InChI is InChI=1S/C29H33NO4/c1-17-4-2-3-5-21(17)23(32)14-20-10-11-29(33)24-15-19-8-9-22(31)26-25(19)28(29,27(20)34-26)12-13-30(24)16-18-6-7-18/h2-5,8-9,18,20,24,27,31,33H,6-7,10-16H2,1H3/t20-,24+,27-,28-,29+/m0/s1. The summed E-state index contributed by atoms with van der Waals surface area (Å²) in [6, 6.07) is 11.6. The van der Waals surface area contributed by atoms with Gasteiger partial charge in [0.25, 0.3) is 0 Å². The molecule has 5 aliphatic rings. The van der Waals surface area contributed by atoms with Crippen LogP contribution in [-0.2, 0) is 11.8 Å². The van der Waals surface area contributed by atoms with Gasteiger partial charge in [0.1, 0.15) is 6.10 Å². The maximum atomic E-state index is 13.4. The summed E-state index contributed by atoms with van der Waals surface area (Å²) in [6.07, 6.45) is 5.79. The van der Waals surface area contributed by atoms with Crippen LogP contribution in [0.4, 0.5) is 0 Å². The van der Waals surface area contributed by atoms with Crippen molar-refractivity contribution in [3.8, 4) is 11.5 Å². The average Bonchev–Trinajstić information content (AvgIpc) is 3.56. The summed E-state index contributed by atoms with van der Waals surface area (Å²) in [4.78, 5) is 15.9. The van der Waals surface area contributed by atoms with Crippen molar-refractivity contribution in [1.82, 2.24) is 4.90 Å². The highest BCUT2D eigenvalue weighted by Gasteiger charge is 2.72. The van der Waals surface area contributed by atoms with Gasteiger partial charge in [0.2, 0.25) is 0 Å². The molecule has 5 nitrogen and oxygen atoms in total. The number of aromatic hydroxyl groups is 1. The Morgan fingerprint density at radius 2 is 1.97 bits per heavy atom. The van der Waals surface area contributed by atoms with Gasteiger partial charge in [-0.3, -0.25) is 9.69 Å². The van der Waals surface area contributed by atoms with Gasteiger partial charge in [-0.25, -0.2) is 0 Å². The normalized spacial score (nSPS) is 35.5. The van der Waals surface area contributed by atoms with Gasteiger partial charge in [-0.15, -0.1) is 0 Å². The topological polar surface area (TPSA) is 70.0 Å². The molecular weight excluding hydrogens is 426 g/mol. The number of nitrogens with zero attached hydrogens (tertiary/aromatic N) is 1. The van der Waals surface area contributed by atoms with Crippen LogP contribution in [0.25, 0.3) is 0 Å². The van der Waals surface area contributed by atoms with E-state index in [1.54, 1.807) is 6.07 Å². The van der Waals surface area contributed by atoms with E-state index in [1.807, 2.05) is 37.3 Å². The lowest BCUT2D eigenvalue weighted by Gasteiger charge is -2.64. The highest BCUT2D eigenvalue weighted by atomic mass is 16.5. The summed E-state index contributed by atoms with van der Waals surface area (Å²) in [7, 11) is 0. The lowest BCUT2D eigenvalue weighted by molar-refractivity contribution is -0.197. The Bertz CT molecular complexity index is 1190. The molecule has 3 aliphatic carbocycles. The molecule has 1 spiro atoms. The van der Waals surface area contributed by atoms with Crippen molar-refractivity contribution in [2.45, 2.75) is 75.0 Å². The molecule has 0 radical (unpaired) electrons. The molecule has 2 aromatic carbocycles. The molecule has 2 aromatic rings. The van der Waals surface area contributed by atoms with Gasteiger partial charge in [0.15, 0.2) is 17.3 Å². The van der Waals surface area contributed by atoms with E-state index >= 15 is 0 Å². The second kappa shape index (κ2) is 7.08. The van der Waals surface area contributed by atoms with Crippen LogP contribution in [0.3, 0.4) is 0 Å². The zero-order valence-electron chi connectivity index (χ0n) is 19.8. The SMILES string of the molecule is Cc1ccccc1C(=O)C[C@@H]1CC[C@@]2(O)[C@H]3Cc4ccc(O)c5c4[C@@]2(CCN3CC2CC2)[C@H]1O5. The maximum absolute atomic E-state index is 13.4. The third-order valence-corrected chi connectivity index (χ3v) is 9.78. The van der Waals surface area contributed by atoms with Gasteiger partial charge < -0.3 is 14.9 Å². The van der Waals surface area contributed by atoms with Gasteiger partial charge in [-0.1, -0.05) is 30.3 Å². The first-order chi connectivity index (χ1) is 16.4. The van der Waals surface area contributed by atoms with Crippen LogP contribution < -0.4 is 4.74 Å². The van der Waals surface area contributed by atoms with Crippen molar-refractivity contribution in [2.75, 3.05) is 13.1 Å². The van der Waals surface area contributed by atoms with Crippen LogP contribution in [0.15, 0.2) is 36.4 Å². The fourth-order valence-electron chi connectivity index (χ4n) is 8.03. The highest BCUT2D eigenvalue weighted by Crippen LogP contribution is 2.66. The Morgan fingerprint density at radius 3 is 2.76 bits per heavy atom. The van der Waals surface area contributed by atoms with E-state index in [9.17, 15) is 15.0 Å². The number of aliphatic hydroxyl groups is 1.